The number of carbonyl (C=O) groups excluding carboxylic acids is 2. The van der Waals surface area contributed by atoms with Crippen molar-refractivity contribution in [2.24, 2.45) is 5.73 Å². The molecule has 1 aromatic carbocycles. The van der Waals surface area contributed by atoms with Gasteiger partial charge in [0.1, 0.15) is 5.54 Å². The van der Waals surface area contributed by atoms with Gasteiger partial charge in [-0.25, -0.2) is 4.79 Å². The Bertz CT molecular complexity index is 597. The Morgan fingerprint density at radius 1 is 1.12 bits per heavy atom. The fourth-order valence-electron chi connectivity index (χ4n) is 3.82. The van der Waals surface area contributed by atoms with Crippen molar-refractivity contribution in [3.05, 3.63) is 35.9 Å². The monoisotopic (exact) mass is 380 g/mol. The van der Waals surface area contributed by atoms with E-state index in [0.29, 0.717) is 32.5 Å². The lowest BCUT2D eigenvalue weighted by Gasteiger charge is -2.38. The van der Waals surface area contributed by atoms with E-state index in [9.17, 15) is 9.59 Å². The molecule has 1 saturated carbocycles. The Morgan fingerprint density at radius 3 is 2.35 bits per heavy atom. The summed E-state index contributed by atoms with van der Waals surface area (Å²) in [6.45, 7) is 1.83. The summed E-state index contributed by atoms with van der Waals surface area (Å²) in [4.78, 5) is 27.4. The lowest BCUT2D eigenvalue weighted by Crippen LogP contribution is -2.61. The average Bonchev–Trinajstić information content (AvgIpc) is 3.10. The number of nitrogens with two attached hydrogens (primary N) is 1. The first-order chi connectivity index (χ1) is 12.1. The van der Waals surface area contributed by atoms with Crippen molar-refractivity contribution in [2.75, 3.05) is 13.1 Å². The highest BCUT2D eigenvalue weighted by atomic mass is 35.5. The normalized spacial score (nSPS) is 19.5. The molecule has 1 aliphatic heterocycles. The summed E-state index contributed by atoms with van der Waals surface area (Å²) in [5.41, 5.74) is 6.23. The fourth-order valence-corrected chi connectivity index (χ4v) is 3.82. The minimum atomic E-state index is -0.748. The van der Waals surface area contributed by atoms with Crippen LogP contribution < -0.4 is 16.4 Å². The smallest absolute Gasteiger partial charge is 0.315 e. The molecule has 2 aliphatic rings. The molecule has 26 heavy (non-hydrogen) atoms. The molecular weight excluding hydrogens is 352 g/mol. The number of likely N-dealkylation sites (tertiary alicyclic amines) is 1. The Hall–Kier alpha value is -1.79. The van der Waals surface area contributed by atoms with E-state index in [1.807, 2.05) is 35.2 Å². The molecule has 144 valence electrons. The number of rotatable bonds is 4. The molecule has 2 fully saturated rings. The van der Waals surface area contributed by atoms with E-state index < -0.39 is 5.54 Å². The Labute approximate surface area is 161 Å². The number of amides is 3. The summed E-state index contributed by atoms with van der Waals surface area (Å²) in [6.07, 6.45) is 5.04. The SMILES string of the molecule is Cl.NC1CCN(C(=O)C2(NC(=O)NCc3ccccc3)CCCC2)CC1. The predicted molar refractivity (Wildman–Crippen MR) is 104 cm³/mol. The van der Waals surface area contributed by atoms with E-state index in [-0.39, 0.29) is 30.4 Å². The van der Waals surface area contributed by atoms with Crippen LogP contribution in [0.5, 0.6) is 0 Å². The summed E-state index contributed by atoms with van der Waals surface area (Å²) < 4.78 is 0. The summed E-state index contributed by atoms with van der Waals surface area (Å²) >= 11 is 0. The van der Waals surface area contributed by atoms with Gasteiger partial charge in [-0.05, 0) is 31.2 Å². The van der Waals surface area contributed by atoms with Gasteiger partial charge < -0.3 is 21.3 Å². The van der Waals surface area contributed by atoms with Gasteiger partial charge >= 0.3 is 6.03 Å². The molecule has 1 heterocycles. The summed E-state index contributed by atoms with van der Waals surface area (Å²) in [7, 11) is 0. The van der Waals surface area contributed by atoms with Crippen LogP contribution in [0.25, 0.3) is 0 Å². The molecule has 3 rings (SSSR count). The predicted octanol–water partition coefficient (Wildman–Crippen LogP) is 2.17. The van der Waals surface area contributed by atoms with Crippen LogP contribution in [-0.4, -0.2) is 41.5 Å². The second-order valence-corrected chi connectivity index (χ2v) is 7.21. The van der Waals surface area contributed by atoms with Gasteiger partial charge in [0.25, 0.3) is 0 Å². The maximum atomic E-state index is 13.1. The average molecular weight is 381 g/mol. The van der Waals surface area contributed by atoms with Gasteiger partial charge in [0.05, 0.1) is 0 Å². The number of benzene rings is 1. The van der Waals surface area contributed by atoms with E-state index in [2.05, 4.69) is 10.6 Å². The van der Waals surface area contributed by atoms with Gasteiger partial charge in [-0.2, -0.15) is 0 Å². The van der Waals surface area contributed by atoms with Gasteiger partial charge in [0, 0.05) is 25.7 Å². The van der Waals surface area contributed by atoms with Crippen LogP contribution in [0.2, 0.25) is 0 Å². The molecule has 0 radical (unpaired) electrons. The third-order valence-corrected chi connectivity index (χ3v) is 5.34. The van der Waals surface area contributed by atoms with E-state index >= 15 is 0 Å². The number of nitrogens with zero attached hydrogens (tertiary/aromatic N) is 1. The molecule has 0 spiro atoms. The lowest BCUT2D eigenvalue weighted by molar-refractivity contribution is -0.138. The zero-order valence-corrected chi connectivity index (χ0v) is 15.9. The number of halogens is 1. The maximum absolute atomic E-state index is 13.1. The topological polar surface area (TPSA) is 87.5 Å². The van der Waals surface area contributed by atoms with Crippen LogP contribution in [0.3, 0.4) is 0 Å². The van der Waals surface area contributed by atoms with Crippen LogP contribution in [0.1, 0.15) is 44.1 Å². The number of carbonyl (C=O) groups is 2. The van der Waals surface area contributed by atoms with Crippen LogP contribution in [0.15, 0.2) is 30.3 Å². The van der Waals surface area contributed by atoms with Crippen LogP contribution in [0.4, 0.5) is 4.79 Å². The molecule has 7 heteroatoms. The van der Waals surface area contributed by atoms with Crippen LogP contribution in [0, 0.1) is 0 Å². The Kier molecular flexibility index (Phi) is 7.29. The van der Waals surface area contributed by atoms with Crippen LogP contribution in [-0.2, 0) is 11.3 Å². The number of nitrogens with one attached hydrogen (secondary N) is 2. The number of urea groups is 1. The minimum absolute atomic E-state index is 0. The van der Waals surface area contributed by atoms with E-state index in [1.54, 1.807) is 0 Å². The molecule has 1 aliphatic carbocycles. The summed E-state index contributed by atoms with van der Waals surface area (Å²) in [6, 6.07) is 9.68. The fraction of sp³-hybridized carbons (Fsp3) is 0.579. The zero-order valence-electron chi connectivity index (χ0n) is 15.1. The van der Waals surface area contributed by atoms with Gasteiger partial charge in [-0.15, -0.1) is 12.4 Å². The van der Waals surface area contributed by atoms with E-state index in [0.717, 1.165) is 31.2 Å². The number of piperidine rings is 1. The van der Waals surface area contributed by atoms with Gasteiger partial charge in [0.2, 0.25) is 5.91 Å². The van der Waals surface area contributed by atoms with Gasteiger partial charge in [0.15, 0.2) is 0 Å². The highest BCUT2D eigenvalue weighted by Gasteiger charge is 2.45. The van der Waals surface area contributed by atoms with Crippen molar-refractivity contribution in [1.29, 1.82) is 0 Å². The first kappa shape index (κ1) is 20.5. The first-order valence-corrected chi connectivity index (χ1v) is 9.24. The molecule has 3 amide bonds. The van der Waals surface area contributed by atoms with Gasteiger partial charge in [-0.3, -0.25) is 4.79 Å². The van der Waals surface area contributed by atoms with Crippen LogP contribution >= 0.6 is 12.4 Å². The minimum Gasteiger partial charge on any atom is -0.341 e. The maximum Gasteiger partial charge on any atom is 0.315 e. The molecular formula is C19H29ClN4O2. The lowest BCUT2D eigenvalue weighted by atomic mass is 9.93. The Morgan fingerprint density at radius 2 is 1.73 bits per heavy atom. The molecule has 1 aromatic rings. The molecule has 0 aromatic heterocycles. The number of hydrogen-bond acceptors (Lipinski definition) is 3. The van der Waals surface area contributed by atoms with Gasteiger partial charge in [-0.1, -0.05) is 43.2 Å². The molecule has 0 unspecified atom stereocenters. The number of hydrogen-bond donors (Lipinski definition) is 3. The third kappa shape index (κ3) is 4.89. The highest BCUT2D eigenvalue weighted by molar-refractivity contribution is 5.91. The van der Waals surface area contributed by atoms with Crippen molar-refractivity contribution in [2.45, 2.75) is 56.7 Å². The second-order valence-electron chi connectivity index (χ2n) is 7.21. The highest BCUT2D eigenvalue weighted by Crippen LogP contribution is 2.32. The van der Waals surface area contributed by atoms with Crippen molar-refractivity contribution in [1.82, 2.24) is 15.5 Å². The quantitative estimate of drug-likeness (QED) is 0.748. The third-order valence-electron chi connectivity index (χ3n) is 5.34. The van der Waals surface area contributed by atoms with Crippen molar-refractivity contribution < 1.29 is 9.59 Å². The van der Waals surface area contributed by atoms with Crippen molar-refractivity contribution in [3.8, 4) is 0 Å². The van der Waals surface area contributed by atoms with Crippen molar-refractivity contribution in [3.63, 3.8) is 0 Å². The molecule has 0 atom stereocenters. The molecule has 4 N–H and O–H groups in total. The largest absolute Gasteiger partial charge is 0.341 e. The summed E-state index contributed by atoms with van der Waals surface area (Å²) in [5, 5.41) is 5.87. The Balaban J connectivity index is 0.00000243. The zero-order chi connectivity index (χ0) is 17.7. The summed E-state index contributed by atoms with van der Waals surface area (Å²) in [5.74, 6) is 0.0618. The molecule has 6 nitrogen and oxygen atoms in total. The van der Waals surface area contributed by atoms with E-state index in [1.165, 1.54) is 0 Å². The van der Waals surface area contributed by atoms with Crippen molar-refractivity contribution >= 4 is 24.3 Å². The first-order valence-electron chi connectivity index (χ1n) is 9.24. The second kappa shape index (κ2) is 9.24. The van der Waals surface area contributed by atoms with E-state index in [4.69, 9.17) is 5.73 Å². The molecule has 1 saturated heterocycles. The standard InChI is InChI=1S/C19H28N4O2.ClH/c20-16-8-12-23(13-9-16)17(24)19(10-4-5-11-19)22-18(25)21-14-15-6-2-1-3-7-15;/h1-3,6-7,16H,4-5,8-14,20H2,(H2,21,22,25);1H. The molecule has 0 bridgehead atoms.